The first-order chi connectivity index (χ1) is 12.7. The maximum absolute atomic E-state index is 13.0. The van der Waals surface area contributed by atoms with Crippen LogP contribution in [0.15, 0.2) is 24.3 Å². The molecule has 2 aliphatic carbocycles. The van der Waals surface area contributed by atoms with Crippen molar-refractivity contribution < 1.29 is 27.5 Å². The molecule has 2 aliphatic heterocycles. The monoisotopic (exact) mass is 380 g/mol. The molecule has 2 saturated heterocycles. The standard InChI is InChI=1S/C19H19F3N2O3/c20-19(21,22)13-3-1-2-12(4-13)18-7-14(18)8-24(9-18)15(25)11-5-17(6-11)10-27-16(26)23-17/h1-4,11,14H,5-10H2,(H,23,26). The third-order valence-corrected chi connectivity index (χ3v) is 6.69. The first-order valence-electron chi connectivity index (χ1n) is 9.12. The number of fused-ring (bicyclic) bond motifs is 1. The van der Waals surface area contributed by atoms with Crippen LogP contribution in [0.5, 0.6) is 0 Å². The number of carbonyl (C=O) groups excluding carboxylic acids is 2. The van der Waals surface area contributed by atoms with Crippen LogP contribution in [0.25, 0.3) is 0 Å². The third-order valence-electron chi connectivity index (χ3n) is 6.69. The lowest BCUT2D eigenvalue weighted by Crippen LogP contribution is -2.58. The highest BCUT2D eigenvalue weighted by Gasteiger charge is 2.63. The lowest BCUT2D eigenvalue weighted by molar-refractivity contribution is -0.141. The largest absolute Gasteiger partial charge is 0.447 e. The number of benzene rings is 1. The van der Waals surface area contributed by atoms with Crippen molar-refractivity contribution in [2.75, 3.05) is 19.7 Å². The molecule has 0 radical (unpaired) electrons. The summed E-state index contributed by atoms with van der Waals surface area (Å²) >= 11 is 0. The van der Waals surface area contributed by atoms with E-state index < -0.39 is 23.4 Å². The van der Waals surface area contributed by atoms with E-state index in [4.69, 9.17) is 4.74 Å². The molecule has 144 valence electrons. The fraction of sp³-hybridized carbons (Fsp3) is 0.579. The van der Waals surface area contributed by atoms with Crippen LogP contribution in [0.3, 0.4) is 0 Å². The van der Waals surface area contributed by atoms with Gasteiger partial charge in [-0.05, 0) is 36.8 Å². The molecule has 2 atom stereocenters. The van der Waals surface area contributed by atoms with Crippen LogP contribution < -0.4 is 5.32 Å². The summed E-state index contributed by atoms with van der Waals surface area (Å²) in [7, 11) is 0. The molecule has 8 heteroatoms. The topological polar surface area (TPSA) is 58.6 Å². The number of amides is 2. The molecule has 2 unspecified atom stereocenters. The van der Waals surface area contributed by atoms with E-state index >= 15 is 0 Å². The van der Waals surface area contributed by atoms with E-state index in [0.717, 1.165) is 12.5 Å². The van der Waals surface area contributed by atoms with Gasteiger partial charge in [0.25, 0.3) is 0 Å². The lowest BCUT2D eigenvalue weighted by atomic mass is 9.68. The molecule has 1 N–H and O–H groups in total. The van der Waals surface area contributed by atoms with Gasteiger partial charge in [-0.1, -0.05) is 18.2 Å². The summed E-state index contributed by atoms with van der Waals surface area (Å²) in [6.45, 7) is 1.37. The Morgan fingerprint density at radius 3 is 2.70 bits per heavy atom. The van der Waals surface area contributed by atoms with E-state index in [1.54, 1.807) is 11.0 Å². The van der Waals surface area contributed by atoms with E-state index in [2.05, 4.69) is 5.32 Å². The number of halogens is 3. The maximum atomic E-state index is 13.0. The van der Waals surface area contributed by atoms with Crippen molar-refractivity contribution in [2.45, 2.75) is 36.4 Å². The molecule has 2 saturated carbocycles. The number of carbonyl (C=O) groups is 2. The first kappa shape index (κ1) is 16.9. The summed E-state index contributed by atoms with van der Waals surface area (Å²) in [4.78, 5) is 25.8. The number of alkyl carbamates (subject to hydrolysis) is 1. The number of likely N-dealkylation sites (tertiary alicyclic amines) is 1. The van der Waals surface area contributed by atoms with Gasteiger partial charge in [-0.2, -0.15) is 13.2 Å². The van der Waals surface area contributed by atoms with Crippen molar-refractivity contribution in [1.29, 1.82) is 0 Å². The molecule has 5 nitrogen and oxygen atoms in total. The predicted molar refractivity (Wildman–Crippen MR) is 87.7 cm³/mol. The van der Waals surface area contributed by atoms with Crippen molar-refractivity contribution in [3.8, 4) is 0 Å². The Balaban J connectivity index is 1.27. The normalized spacial score (nSPS) is 36.9. The second-order valence-corrected chi connectivity index (χ2v) is 8.44. The summed E-state index contributed by atoms with van der Waals surface area (Å²) in [5.74, 6) is 0.122. The number of rotatable bonds is 2. The van der Waals surface area contributed by atoms with E-state index in [0.29, 0.717) is 38.1 Å². The van der Waals surface area contributed by atoms with Crippen LogP contribution in [-0.4, -0.2) is 42.1 Å². The lowest BCUT2D eigenvalue weighted by Gasteiger charge is -2.43. The predicted octanol–water partition coefficient (Wildman–Crippen LogP) is 2.69. The Morgan fingerprint density at radius 1 is 1.26 bits per heavy atom. The van der Waals surface area contributed by atoms with Crippen molar-refractivity contribution in [3.63, 3.8) is 0 Å². The van der Waals surface area contributed by atoms with E-state index in [-0.39, 0.29) is 23.2 Å². The van der Waals surface area contributed by atoms with E-state index in [1.165, 1.54) is 12.1 Å². The van der Waals surface area contributed by atoms with Gasteiger partial charge in [-0.3, -0.25) is 4.79 Å². The molecular weight excluding hydrogens is 361 g/mol. The highest BCUT2D eigenvalue weighted by molar-refractivity contribution is 5.82. The molecule has 1 aromatic carbocycles. The van der Waals surface area contributed by atoms with Crippen LogP contribution in [0, 0.1) is 11.8 Å². The highest BCUT2D eigenvalue weighted by atomic mass is 19.4. The summed E-state index contributed by atoms with van der Waals surface area (Å²) in [6.07, 6.45) is -2.84. The van der Waals surface area contributed by atoms with Crippen LogP contribution >= 0.6 is 0 Å². The quantitative estimate of drug-likeness (QED) is 0.858. The molecule has 2 amide bonds. The van der Waals surface area contributed by atoms with Crippen molar-refractivity contribution in [3.05, 3.63) is 35.4 Å². The number of cyclic esters (lactones) is 1. The Labute approximate surface area is 153 Å². The van der Waals surface area contributed by atoms with Crippen molar-refractivity contribution in [1.82, 2.24) is 10.2 Å². The molecule has 5 rings (SSSR count). The number of nitrogens with one attached hydrogen (secondary N) is 1. The molecule has 2 heterocycles. The fourth-order valence-electron chi connectivity index (χ4n) is 5.13. The van der Waals surface area contributed by atoms with Gasteiger partial charge in [0, 0.05) is 24.4 Å². The zero-order valence-corrected chi connectivity index (χ0v) is 14.5. The minimum Gasteiger partial charge on any atom is -0.447 e. The van der Waals surface area contributed by atoms with Gasteiger partial charge in [0.2, 0.25) is 5.91 Å². The number of nitrogens with zero attached hydrogens (tertiary/aromatic N) is 1. The number of piperidine rings is 1. The van der Waals surface area contributed by atoms with Crippen molar-refractivity contribution in [2.24, 2.45) is 11.8 Å². The first-order valence-corrected chi connectivity index (χ1v) is 9.12. The zero-order chi connectivity index (χ0) is 19.0. The van der Waals surface area contributed by atoms with Gasteiger partial charge in [0.15, 0.2) is 0 Å². The number of hydrogen-bond donors (Lipinski definition) is 1. The Bertz CT molecular complexity index is 834. The highest BCUT2D eigenvalue weighted by Crippen LogP contribution is 2.60. The molecule has 4 aliphatic rings. The second-order valence-electron chi connectivity index (χ2n) is 8.44. The molecule has 4 fully saturated rings. The summed E-state index contributed by atoms with van der Waals surface area (Å²) < 4.78 is 44.0. The molecule has 27 heavy (non-hydrogen) atoms. The molecule has 0 bridgehead atoms. The molecular formula is C19H19F3N2O3. The molecule has 1 aromatic rings. The van der Waals surface area contributed by atoms with Gasteiger partial charge < -0.3 is 15.0 Å². The summed E-state index contributed by atoms with van der Waals surface area (Å²) in [5.41, 5.74) is -0.691. The van der Waals surface area contributed by atoms with Crippen LogP contribution in [0.4, 0.5) is 18.0 Å². The molecule has 0 aromatic heterocycles. The van der Waals surface area contributed by atoms with Crippen LogP contribution in [0.2, 0.25) is 0 Å². The van der Waals surface area contributed by atoms with Crippen LogP contribution in [0.1, 0.15) is 30.4 Å². The SMILES string of the molecule is O=C1NC2(CO1)CC(C(=O)N1CC3CC3(c3cccc(C(F)(F)F)c3)C1)C2. The zero-order valence-electron chi connectivity index (χ0n) is 14.5. The van der Waals surface area contributed by atoms with Crippen LogP contribution in [-0.2, 0) is 21.1 Å². The van der Waals surface area contributed by atoms with Gasteiger partial charge in [-0.25, -0.2) is 4.79 Å². The Kier molecular flexibility index (Phi) is 3.24. The Hall–Kier alpha value is -2.25. The average molecular weight is 380 g/mol. The number of ether oxygens (including phenoxy) is 1. The molecule has 1 spiro atoms. The Morgan fingerprint density at radius 2 is 2.04 bits per heavy atom. The smallest absolute Gasteiger partial charge is 0.416 e. The van der Waals surface area contributed by atoms with Gasteiger partial charge in [-0.15, -0.1) is 0 Å². The number of alkyl halides is 3. The minimum atomic E-state index is -4.36. The second kappa shape index (κ2) is 5.17. The fourth-order valence-corrected chi connectivity index (χ4v) is 5.13. The number of hydrogen-bond acceptors (Lipinski definition) is 3. The summed E-state index contributed by atoms with van der Waals surface area (Å²) in [5, 5.41) is 2.77. The van der Waals surface area contributed by atoms with E-state index in [9.17, 15) is 22.8 Å². The van der Waals surface area contributed by atoms with Gasteiger partial charge in [0.05, 0.1) is 11.1 Å². The third kappa shape index (κ3) is 2.52. The minimum absolute atomic E-state index is 0.0420. The van der Waals surface area contributed by atoms with Crippen molar-refractivity contribution >= 4 is 12.0 Å². The van der Waals surface area contributed by atoms with Gasteiger partial charge >= 0.3 is 12.3 Å². The average Bonchev–Trinajstić information content (AvgIpc) is 2.96. The maximum Gasteiger partial charge on any atom is 0.416 e. The van der Waals surface area contributed by atoms with Gasteiger partial charge in [0.1, 0.15) is 6.61 Å². The van der Waals surface area contributed by atoms with E-state index in [1.807, 2.05) is 0 Å². The summed E-state index contributed by atoms with van der Waals surface area (Å²) in [6, 6.07) is 5.51.